The van der Waals surface area contributed by atoms with E-state index in [-0.39, 0.29) is 37.8 Å². The van der Waals surface area contributed by atoms with E-state index >= 15 is 0 Å². The van der Waals surface area contributed by atoms with Gasteiger partial charge in [-0.25, -0.2) is 4.79 Å². The van der Waals surface area contributed by atoms with E-state index in [0.29, 0.717) is 6.42 Å². The molecule has 0 bridgehead atoms. The van der Waals surface area contributed by atoms with E-state index in [1.54, 1.807) is 20.8 Å². The van der Waals surface area contributed by atoms with E-state index in [2.05, 4.69) is 10.1 Å². The van der Waals surface area contributed by atoms with E-state index < -0.39 is 29.6 Å². The maximum Gasteiger partial charge on any atom is 0.411 e. The van der Waals surface area contributed by atoms with Gasteiger partial charge in [0.15, 0.2) is 5.78 Å². The van der Waals surface area contributed by atoms with Crippen molar-refractivity contribution in [2.24, 2.45) is 0 Å². The molecule has 1 saturated heterocycles. The molecule has 1 rings (SSSR count). The Hall–Kier alpha value is -2.16. The zero-order valence-corrected chi connectivity index (χ0v) is 16.0. The van der Waals surface area contributed by atoms with Crippen LogP contribution in [0.25, 0.3) is 0 Å². The van der Waals surface area contributed by atoms with E-state index in [4.69, 9.17) is 9.47 Å². The molecule has 148 valence electrons. The van der Waals surface area contributed by atoms with Crippen LogP contribution in [-0.4, -0.2) is 73.7 Å². The van der Waals surface area contributed by atoms with Gasteiger partial charge in [-0.1, -0.05) is 0 Å². The Balaban J connectivity index is 2.61. The lowest BCUT2D eigenvalue weighted by atomic mass is 10.1. The minimum absolute atomic E-state index is 0.0197. The van der Waals surface area contributed by atoms with Gasteiger partial charge in [-0.3, -0.25) is 19.3 Å². The summed E-state index contributed by atoms with van der Waals surface area (Å²) in [5.41, 5.74) is -0.687. The number of carbonyl (C=O) groups excluding carboxylic acids is 4. The van der Waals surface area contributed by atoms with Gasteiger partial charge in [0.2, 0.25) is 5.91 Å². The van der Waals surface area contributed by atoms with Gasteiger partial charge in [0.25, 0.3) is 0 Å². The van der Waals surface area contributed by atoms with Crippen molar-refractivity contribution in [1.82, 2.24) is 10.2 Å². The molecule has 9 nitrogen and oxygen atoms in total. The number of esters is 1. The monoisotopic (exact) mass is 372 g/mol. The minimum Gasteiger partial charge on any atom is -0.469 e. The Morgan fingerprint density at radius 1 is 1.12 bits per heavy atom. The van der Waals surface area contributed by atoms with E-state index in [9.17, 15) is 19.2 Å². The average Bonchev–Trinajstić information content (AvgIpc) is 3.00. The molecule has 0 unspecified atom stereocenters. The molecule has 0 aromatic heterocycles. The lowest BCUT2D eigenvalue weighted by molar-refractivity contribution is -0.141. The number of methoxy groups -OCH3 is 2. The molecule has 0 saturated carbocycles. The van der Waals surface area contributed by atoms with Gasteiger partial charge >= 0.3 is 12.1 Å². The molecule has 1 heterocycles. The standard InChI is InChI=1S/C17H28N2O7/c1-17(2,3)26-16(23)19-10-12(24-4)8-13(19)15(22)18-9-11(20)6-7-14(21)25-5/h12-13H,6-10H2,1-5H3,(H,18,22)/t12-,13-/m0/s1. The summed E-state index contributed by atoms with van der Waals surface area (Å²) in [6, 6.07) is -0.775. The van der Waals surface area contributed by atoms with Crippen molar-refractivity contribution in [2.45, 2.75) is 57.8 Å². The van der Waals surface area contributed by atoms with Gasteiger partial charge in [0, 0.05) is 20.0 Å². The molecule has 1 N–H and O–H groups in total. The average molecular weight is 372 g/mol. The molecule has 1 fully saturated rings. The maximum absolute atomic E-state index is 12.4. The summed E-state index contributed by atoms with van der Waals surface area (Å²) in [6.07, 6.45) is -0.626. The number of hydrogen-bond acceptors (Lipinski definition) is 7. The first-order chi connectivity index (χ1) is 12.1. The second-order valence-electron chi connectivity index (χ2n) is 7.07. The molecule has 0 aromatic rings. The Morgan fingerprint density at radius 3 is 2.31 bits per heavy atom. The Kier molecular flexibility index (Phi) is 8.01. The first-order valence-corrected chi connectivity index (χ1v) is 8.46. The molecule has 9 heteroatoms. The topological polar surface area (TPSA) is 111 Å². The molecule has 0 radical (unpaired) electrons. The predicted molar refractivity (Wildman–Crippen MR) is 91.4 cm³/mol. The Morgan fingerprint density at radius 2 is 1.77 bits per heavy atom. The van der Waals surface area contributed by atoms with Crippen LogP contribution in [0.1, 0.15) is 40.0 Å². The highest BCUT2D eigenvalue weighted by Gasteiger charge is 2.41. The van der Waals surface area contributed by atoms with Crippen LogP contribution in [-0.2, 0) is 28.6 Å². The fourth-order valence-electron chi connectivity index (χ4n) is 2.47. The number of likely N-dealkylation sites (tertiary alicyclic amines) is 1. The number of Topliss-reactive ketones (excluding diaryl/α,β-unsaturated/α-hetero) is 1. The van der Waals surface area contributed by atoms with Crippen LogP contribution in [0.2, 0.25) is 0 Å². The smallest absolute Gasteiger partial charge is 0.411 e. The van der Waals surface area contributed by atoms with Gasteiger partial charge < -0.3 is 19.5 Å². The zero-order valence-electron chi connectivity index (χ0n) is 16.0. The minimum atomic E-state index is -0.775. The SMILES string of the molecule is COC(=O)CCC(=O)CNC(=O)[C@@H]1C[C@H](OC)CN1C(=O)OC(C)(C)C. The molecule has 26 heavy (non-hydrogen) atoms. The quantitative estimate of drug-likeness (QED) is 0.653. The molecular formula is C17H28N2O7. The number of hydrogen-bond donors (Lipinski definition) is 1. The summed E-state index contributed by atoms with van der Waals surface area (Å²) in [5, 5.41) is 2.51. The fourth-order valence-corrected chi connectivity index (χ4v) is 2.47. The first kappa shape index (κ1) is 21.9. The molecule has 0 aliphatic carbocycles. The normalized spacial score (nSPS) is 19.8. The molecule has 0 spiro atoms. The predicted octanol–water partition coefficient (Wildman–Crippen LogP) is 0.649. The maximum atomic E-state index is 12.4. The third-order valence-corrected chi connectivity index (χ3v) is 3.82. The van der Waals surface area contributed by atoms with Crippen LogP contribution >= 0.6 is 0 Å². The Labute approximate surface area is 153 Å². The number of ether oxygens (including phenoxy) is 3. The molecular weight excluding hydrogens is 344 g/mol. The van der Waals surface area contributed by atoms with Crippen LogP contribution in [0.3, 0.4) is 0 Å². The summed E-state index contributed by atoms with van der Waals surface area (Å²) >= 11 is 0. The largest absolute Gasteiger partial charge is 0.469 e. The number of ketones is 1. The van der Waals surface area contributed by atoms with Crippen molar-refractivity contribution < 1.29 is 33.4 Å². The lowest BCUT2D eigenvalue weighted by Crippen LogP contribution is -2.48. The number of nitrogens with one attached hydrogen (secondary N) is 1. The van der Waals surface area contributed by atoms with Crippen molar-refractivity contribution in [2.75, 3.05) is 27.3 Å². The van der Waals surface area contributed by atoms with Crippen LogP contribution < -0.4 is 5.32 Å². The first-order valence-electron chi connectivity index (χ1n) is 8.46. The number of carbonyl (C=O) groups is 4. The lowest BCUT2D eigenvalue weighted by Gasteiger charge is -2.27. The van der Waals surface area contributed by atoms with Gasteiger partial charge in [-0.2, -0.15) is 0 Å². The molecule has 2 amide bonds. The van der Waals surface area contributed by atoms with Crippen molar-refractivity contribution >= 4 is 23.8 Å². The third kappa shape index (κ3) is 6.99. The Bertz CT molecular complexity index is 542. The summed E-state index contributed by atoms with van der Waals surface area (Å²) in [5.74, 6) is -1.24. The van der Waals surface area contributed by atoms with Crippen LogP contribution in [0.4, 0.5) is 4.79 Å². The van der Waals surface area contributed by atoms with E-state index in [1.165, 1.54) is 19.1 Å². The van der Waals surface area contributed by atoms with Crippen LogP contribution in [0.15, 0.2) is 0 Å². The van der Waals surface area contributed by atoms with E-state index in [0.717, 1.165) is 0 Å². The highest BCUT2D eigenvalue weighted by atomic mass is 16.6. The summed E-state index contributed by atoms with van der Waals surface area (Å²) in [6.45, 7) is 5.24. The molecule has 1 aliphatic rings. The molecule has 0 aromatic carbocycles. The van der Waals surface area contributed by atoms with Crippen molar-refractivity contribution in [3.63, 3.8) is 0 Å². The zero-order chi connectivity index (χ0) is 19.9. The van der Waals surface area contributed by atoms with Gasteiger partial charge in [0.1, 0.15) is 11.6 Å². The van der Waals surface area contributed by atoms with Crippen molar-refractivity contribution in [3.05, 3.63) is 0 Å². The third-order valence-electron chi connectivity index (χ3n) is 3.82. The van der Waals surface area contributed by atoms with E-state index in [1.807, 2.05) is 0 Å². The number of amides is 2. The number of nitrogens with zero attached hydrogens (tertiary/aromatic N) is 1. The number of rotatable bonds is 7. The van der Waals surface area contributed by atoms with Crippen LogP contribution in [0.5, 0.6) is 0 Å². The summed E-state index contributed by atoms with van der Waals surface area (Å²) in [7, 11) is 2.75. The van der Waals surface area contributed by atoms with Crippen LogP contribution in [0, 0.1) is 0 Å². The van der Waals surface area contributed by atoms with Gasteiger partial charge in [-0.05, 0) is 20.8 Å². The van der Waals surface area contributed by atoms with Gasteiger partial charge in [0.05, 0.1) is 32.7 Å². The van der Waals surface area contributed by atoms with Crippen molar-refractivity contribution in [3.8, 4) is 0 Å². The highest BCUT2D eigenvalue weighted by molar-refractivity contribution is 5.91. The van der Waals surface area contributed by atoms with Gasteiger partial charge in [-0.15, -0.1) is 0 Å². The second kappa shape index (κ2) is 9.51. The summed E-state index contributed by atoms with van der Waals surface area (Å²) in [4.78, 5) is 48.9. The molecule has 1 aliphatic heterocycles. The summed E-state index contributed by atoms with van der Waals surface area (Å²) < 4.78 is 15.0. The molecule has 2 atom stereocenters. The fraction of sp³-hybridized carbons (Fsp3) is 0.765. The van der Waals surface area contributed by atoms with Crippen molar-refractivity contribution in [1.29, 1.82) is 0 Å². The highest BCUT2D eigenvalue weighted by Crippen LogP contribution is 2.23. The second-order valence-corrected chi connectivity index (χ2v) is 7.07.